The number of rotatable bonds is 5. The van der Waals surface area contributed by atoms with Crippen LogP contribution in [-0.2, 0) is 12.0 Å². The van der Waals surface area contributed by atoms with E-state index in [1.807, 2.05) is 103 Å². The van der Waals surface area contributed by atoms with Crippen molar-refractivity contribution in [3.63, 3.8) is 0 Å². The molecular weight excluding hydrogens is 344 g/mol. The molecule has 0 aliphatic rings. The molecule has 0 amide bonds. The largest absolute Gasteiger partial charge is 0.380 e. The summed E-state index contributed by atoms with van der Waals surface area (Å²) in [7, 11) is 0. The molecule has 140 valence electrons. The Morgan fingerprint density at radius 3 is 1.71 bits per heavy atom. The highest BCUT2D eigenvalue weighted by atomic mass is 16.3. The molecule has 0 saturated carbocycles. The molecule has 0 unspecified atom stereocenters. The van der Waals surface area contributed by atoms with Gasteiger partial charge in [0.05, 0.1) is 11.4 Å². The number of aryl methyl sites for hydroxylation is 1. The molecule has 0 aliphatic carbocycles. The first-order valence-electron chi connectivity index (χ1n) is 9.53. The molecular formula is C25H24N2O. The van der Waals surface area contributed by atoms with Gasteiger partial charge < -0.3 is 5.11 Å². The standard InChI is InChI=1S/C25H24N2O/c1-19-24(20(2)27(26-19)23-16-10-5-11-17-23)18-25(28,21-12-6-3-7-13-21)22-14-8-4-9-15-22/h3-17,28H,18H2,1-2H3. The lowest BCUT2D eigenvalue weighted by molar-refractivity contribution is 0.0808. The van der Waals surface area contributed by atoms with Crippen molar-refractivity contribution in [2.45, 2.75) is 25.9 Å². The molecule has 3 heteroatoms. The zero-order valence-electron chi connectivity index (χ0n) is 16.2. The summed E-state index contributed by atoms with van der Waals surface area (Å²) in [6.45, 7) is 4.08. The molecule has 0 fully saturated rings. The molecule has 0 radical (unpaired) electrons. The lowest BCUT2D eigenvalue weighted by atomic mass is 9.81. The van der Waals surface area contributed by atoms with Gasteiger partial charge in [0.1, 0.15) is 5.60 Å². The Morgan fingerprint density at radius 2 is 1.21 bits per heavy atom. The Kier molecular flexibility index (Phi) is 4.84. The second-order valence-electron chi connectivity index (χ2n) is 7.17. The Labute approximate surface area is 165 Å². The molecule has 1 N–H and O–H groups in total. The number of aliphatic hydroxyl groups is 1. The number of benzene rings is 3. The molecule has 4 rings (SSSR count). The number of hydrogen-bond donors (Lipinski definition) is 1. The summed E-state index contributed by atoms with van der Waals surface area (Å²) < 4.78 is 1.96. The van der Waals surface area contributed by atoms with Crippen LogP contribution in [0.15, 0.2) is 91.0 Å². The SMILES string of the molecule is Cc1nn(-c2ccccc2)c(C)c1CC(O)(c1ccccc1)c1ccccc1. The van der Waals surface area contributed by atoms with Crippen molar-refractivity contribution >= 4 is 0 Å². The maximum absolute atomic E-state index is 11.9. The summed E-state index contributed by atoms with van der Waals surface area (Å²) in [5, 5.41) is 16.7. The van der Waals surface area contributed by atoms with E-state index < -0.39 is 5.60 Å². The minimum atomic E-state index is -1.12. The fourth-order valence-corrected chi connectivity index (χ4v) is 3.81. The predicted octanol–water partition coefficient (Wildman–Crippen LogP) is 4.97. The maximum Gasteiger partial charge on any atom is 0.119 e. The number of hydrogen-bond acceptors (Lipinski definition) is 2. The molecule has 28 heavy (non-hydrogen) atoms. The Morgan fingerprint density at radius 1 is 0.750 bits per heavy atom. The summed E-state index contributed by atoms with van der Waals surface area (Å²) in [6, 6.07) is 29.9. The van der Waals surface area contributed by atoms with E-state index in [1.54, 1.807) is 0 Å². The maximum atomic E-state index is 11.9. The monoisotopic (exact) mass is 368 g/mol. The van der Waals surface area contributed by atoms with E-state index in [2.05, 4.69) is 6.92 Å². The zero-order valence-corrected chi connectivity index (χ0v) is 16.2. The lowest BCUT2D eigenvalue weighted by Gasteiger charge is -2.30. The second-order valence-corrected chi connectivity index (χ2v) is 7.17. The first-order chi connectivity index (χ1) is 13.6. The van der Waals surface area contributed by atoms with Crippen LogP contribution in [0, 0.1) is 13.8 Å². The van der Waals surface area contributed by atoms with Crippen LogP contribution in [0.4, 0.5) is 0 Å². The highest BCUT2D eigenvalue weighted by molar-refractivity contribution is 5.42. The van der Waals surface area contributed by atoms with Gasteiger partial charge in [-0.3, -0.25) is 0 Å². The first-order valence-corrected chi connectivity index (χ1v) is 9.53. The molecule has 3 nitrogen and oxygen atoms in total. The fraction of sp³-hybridized carbons (Fsp3) is 0.160. The van der Waals surface area contributed by atoms with Gasteiger partial charge in [0.2, 0.25) is 0 Å². The van der Waals surface area contributed by atoms with Crippen LogP contribution in [-0.4, -0.2) is 14.9 Å². The van der Waals surface area contributed by atoms with Gasteiger partial charge in [-0.25, -0.2) is 4.68 Å². The third-order valence-corrected chi connectivity index (χ3v) is 5.38. The van der Waals surface area contributed by atoms with Gasteiger partial charge in [-0.1, -0.05) is 78.9 Å². The summed E-state index contributed by atoms with van der Waals surface area (Å²) >= 11 is 0. The van der Waals surface area contributed by atoms with Gasteiger partial charge in [0, 0.05) is 12.1 Å². The van der Waals surface area contributed by atoms with Crippen LogP contribution in [0.1, 0.15) is 28.1 Å². The molecule has 4 aromatic rings. The minimum absolute atomic E-state index is 0.464. The topological polar surface area (TPSA) is 38.0 Å². The Hall–Kier alpha value is -3.17. The van der Waals surface area contributed by atoms with Crippen LogP contribution < -0.4 is 0 Å². The van der Waals surface area contributed by atoms with Crippen LogP contribution in [0.25, 0.3) is 5.69 Å². The van der Waals surface area contributed by atoms with Crippen LogP contribution in [0.3, 0.4) is 0 Å². The molecule has 0 bridgehead atoms. The van der Waals surface area contributed by atoms with Crippen molar-refractivity contribution in [1.82, 2.24) is 9.78 Å². The van der Waals surface area contributed by atoms with Crippen LogP contribution >= 0.6 is 0 Å². The van der Waals surface area contributed by atoms with Crippen molar-refractivity contribution < 1.29 is 5.11 Å². The summed E-state index contributed by atoms with van der Waals surface area (Å²) in [6.07, 6.45) is 0.464. The van der Waals surface area contributed by atoms with E-state index in [0.717, 1.165) is 33.8 Å². The summed E-state index contributed by atoms with van der Waals surface area (Å²) in [5.74, 6) is 0. The molecule has 1 heterocycles. The van der Waals surface area contributed by atoms with Gasteiger partial charge in [0.15, 0.2) is 0 Å². The summed E-state index contributed by atoms with van der Waals surface area (Å²) in [4.78, 5) is 0. The van der Waals surface area contributed by atoms with E-state index in [9.17, 15) is 5.11 Å². The van der Waals surface area contributed by atoms with Gasteiger partial charge in [-0.2, -0.15) is 5.10 Å². The van der Waals surface area contributed by atoms with Crippen molar-refractivity contribution in [2.75, 3.05) is 0 Å². The number of aromatic nitrogens is 2. The van der Waals surface area contributed by atoms with Crippen molar-refractivity contribution in [1.29, 1.82) is 0 Å². The van der Waals surface area contributed by atoms with Crippen LogP contribution in [0.2, 0.25) is 0 Å². The Bertz CT molecular complexity index is 1010. The van der Waals surface area contributed by atoms with Crippen molar-refractivity contribution in [2.24, 2.45) is 0 Å². The average molecular weight is 368 g/mol. The van der Waals surface area contributed by atoms with E-state index in [-0.39, 0.29) is 0 Å². The molecule has 1 aromatic heterocycles. The number of para-hydroxylation sites is 1. The molecule has 0 saturated heterocycles. The zero-order chi connectivity index (χ0) is 19.6. The van der Waals surface area contributed by atoms with Crippen molar-refractivity contribution in [3.8, 4) is 5.69 Å². The van der Waals surface area contributed by atoms with E-state index in [1.165, 1.54) is 0 Å². The lowest BCUT2D eigenvalue weighted by Crippen LogP contribution is -2.30. The average Bonchev–Trinajstić information content (AvgIpc) is 3.03. The smallest absolute Gasteiger partial charge is 0.119 e. The van der Waals surface area contributed by atoms with Crippen molar-refractivity contribution in [3.05, 3.63) is 119 Å². The summed E-state index contributed by atoms with van der Waals surface area (Å²) in [5.41, 5.74) is 4.72. The van der Waals surface area contributed by atoms with E-state index in [0.29, 0.717) is 6.42 Å². The van der Waals surface area contributed by atoms with Gasteiger partial charge in [0.25, 0.3) is 0 Å². The van der Waals surface area contributed by atoms with Gasteiger partial charge in [-0.05, 0) is 42.7 Å². The quantitative estimate of drug-likeness (QED) is 0.540. The predicted molar refractivity (Wildman–Crippen MR) is 113 cm³/mol. The highest BCUT2D eigenvalue weighted by Gasteiger charge is 2.33. The van der Waals surface area contributed by atoms with Gasteiger partial charge >= 0.3 is 0 Å². The number of nitrogens with zero attached hydrogens (tertiary/aromatic N) is 2. The highest BCUT2D eigenvalue weighted by Crippen LogP contribution is 2.35. The van der Waals surface area contributed by atoms with E-state index >= 15 is 0 Å². The van der Waals surface area contributed by atoms with E-state index in [4.69, 9.17) is 5.10 Å². The third-order valence-electron chi connectivity index (χ3n) is 5.38. The second kappa shape index (κ2) is 7.45. The molecule has 0 aliphatic heterocycles. The molecule has 0 atom stereocenters. The third kappa shape index (κ3) is 3.25. The molecule has 0 spiro atoms. The normalized spacial score (nSPS) is 11.5. The molecule has 3 aromatic carbocycles. The first kappa shape index (κ1) is 18.2. The fourth-order valence-electron chi connectivity index (χ4n) is 3.81. The Balaban J connectivity index is 1.82. The van der Waals surface area contributed by atoms with Crippen LogP contribution in [0.5, 0.6) is 0 Å². The van der Waals surface area contributed by atoms with Gasteiger partial charge in [-0.15, -0.1) is 0 Å². The minimum Gasteiger partial charge on any atom is -0.380 e.